The quantitative estimate of drug-likeness (QED) is 0.643. The molecule has 0 amide bonds. The highest BCUT2D eigenvalue weighted by Gasteiger charge is 2.16. The highest BCUT2D eigenvalue weighted by molar-refractivity contribution is 5.48. The van der Waals surface area contributed by atoms with E-state index in [0.717, 1.165) is 5.56 Å². The summed E-state index contributed by atoms with van der Waals surface area (Å²) in [4.78, 5) is 10.6. The monoisotopic (exact) mass is 277 g/mol. The molecule has 0 spiro atoms. The maximum atomic E-state index is 11.1. The number of hydrogen-bond donors (Lipinski definition) is 1. The van der Waals surface area contributed by atoms with Crippen LogP contribution in [0, 0.1) is 17.0 Å². The van der Waals surface area contributed by atoms with E-state index in [0.29, 0.717) is 18.0 Å². The second kappa shape index (κ2) is 6.16. The van der Waals surface area contributed by atoms with E-state index in [1.165, 1.54) is 6.07 Å². The van der Waals surface area contributed by atoms with Crippen molar-refractivity contribution in [1.82, 2.24) is 10.5 Å². The topological polar surface area (TPSA) is 90.4 Å². The summed E-state index contributed by atoms with van der Waals surface area (Å²) in [5.74, 6) is 0.887. The van der Waals surface area contributed by atoms with Crippen LogP contribution in [0.4, 0.5) is 5.69 Å². The summed E-state index contributed by atoms with van der Waals surface area (Å²) in [6.45, 7) is 2.46. The molecule has 2 aromatic rings. The molecule has 0 aliphatic rings. The predicted octanol–water partition coefficient (Wildman–Crippen LogP) is 2.19. The zero-order chi connectivity index (χ0) is 14.5. The number of nitrogens with one attached hydrogen (secondary N) is 1. The van der Waals surface area contributed by atoms with Crippen molar-refractivity contribution in [3.63, 3.8) is 0 Å². The molecule has 0 saturated heterocycles. The molecule has 0 aliphatic heterocycles. The number of nitro groups is 1. The van der Waals surface area contributed by atoms with E-state index in [-0.39, 0.29) is 18.0 Å². The molecule has 106 valence electrons. The minimum atomic E-state index is -0.456. The third kappa shape index (κ3) is 3.33. The van der Waals surface area contributed by atoms with Crippen molar-refractivity contribution in [3.8, 4) is 5.75 Å². The normalized spacial score (nSPS) is 10.5. The maximum Gasteiger partial charge on any atom is 0.311 e. The van der Waals surface area contributed by atoms with Gasteiger partial charge < -0.3 is 14.6 Å². The third-order valence-corrected chi connectivity index (χ3v) is 2.65. The number of nitro benzene ring substituents is 1. The van der Waals surface area contributed by atoms with Crippen molar-refractivity contribution in [3.05, 3.63) is 51.4 Å². The molecule has 20 heavy (non-hydrogen) atoms. The van der Waals surface area contributed by atoms with Gasteiger partial charge in [0.2, 0.25) is 0 Å². The number of rotatable bonds is 6. The molecule has 0 saturated carbocycles. The Bertz CT molecular complexity index is 609. The van der Waals surface area contributed by atoms with Crippen molar-refractivity contribution in [2.24, 2.45) is 0 Å². The Labute approximate surface area is 115 Å². The first-order valence-electron chi connectivity index (χ1n) is 6.07. The summed E-state index contributed by atoms with van der Waals surface area (Å²) < 4.78 is 10.4. The van der Waals surface area contributed by atoms with E-state index in [2.05, 4.69) is 10.5 Å². The van der Waals surface area contributed by atoms with Gasteiger partial charge in [-0.3, -0.25) is 10.1 Å². The van der Waals surface area contributed by atoms with Crippen LogP contribution in [-0.2, 0) is 13.2 Å². The van der Waals surface area contributed by atoms with Crippen molar-refractivity contribution in [1.29, 1.82) is 0 Å². The summed E-state index contributed by atoms with van der Waals surface area (Å²) in [6.07, 6.45) is 0. The highest BCUT2D eigenvalue weighted by atomic mass is 16.6. The first-order chi connectivity index (χ1) is 9.60. The number of ether oxygens (including phenoxy) is 1. The summed E-state index contributed by atoms with van der Waals surface area (Å²) >= 11 is 0. The van der Waals surface area contributed by atoms with Gasteiger partial charge in [-0.25, -0.2) is 0 Å². The molecule has 0 unspecified atom stereocenters. The Morgan fingerprint density at radius 2 is 2.25 bits per heavy atom. The lowest BCUT2D eigenvalue weighted by Crippen LogP contribution is -2.06. The lowest BCUT2D eigenvalue weighted by atomic mass is 10.2. The van der Waals surface area contributed by atoms with E-state index in [9.17, 15) is 10.1 Å². The van der Waals surface area contributed by atoms with Gasteiger partial charge in [0.1, 0.15) is 18.1 Å². The first-order valence-corrected chi connectivity index (χ1v) is 6.07. The van der Waals surface area contributed by atoms with Crippen LogP contribution < -0.4 is 10.1 Å². The Kier molecular flexibility index (Phi) is 4.31. The van der Waals surface area contributed by atoms with Gasteiger partial charge in [-0.15, -0.1) is 0 Å². The second-order valence-corrected chi connectivity index (χ2v) is 4.31. The average molecular weight is 277 g/mol. The molecule has 2 rings (SSSR count). The van der Waals surface area contributed by atoms with Crippen LogP contribution in [0.15, 0.2) is 28.8 Å². The molecule has 1 N–H and O–H groups in total. The van der Waals surface area contributed by atoms with Crippen LogP contribution in [0.1, 0.15) is 17.0 Å². The van der Waals surface area contributed by atoms with Crippen LogP contribution in [0.25, 0.3) is 0 Å². The van der Waals surface area contributed by atoms with E-state index >= 15 is 0 Å². The molecule has 0 atom stereocenters. The Hall–Kier alpha value is -2.41. The molecule has 7 heteroatoms. The smallest absolute Gasteiger partial charge is 0.311 e. The van der Waals surface area contributed by atoms with Crippen molar-refractivity contribution < 1.29 is 14.2 Å². The molecular weight excluding hydrogens is 262 g/mol. The predicted molar refractivity (Wildman–Crippen MR) is 71.4 cm³/mol. The van der Waals surface area contributed by atoms with Crippen LogP contribution in [-0.4, -0.2) is 17.1 Å². The van der Waals surface area contributed by atoms with Crippen molar-refractivity contribution >= 4 is 5.69 Å². The van der Waals surface area contributed by atoms with E-state index < -0.39 is 4.92 Å². The van der Waals surface area contributed by atoms with Crippen LogP contribution >= 0.6 is 0 Å². The van der Waals surface area contributed by atoms with Gasteiger partial charge in [0, 0.05) is 18.7 Å². The standard InChI is InChI=1S/C13H15N3O4/c1-9-5-11(15-20-9)8-19-13-4-3-10(7-14-2)6-12(13)16(17)18/h3-6,14H,7-8H2,1-2H3. The minimum Gasteiger partial charge on any atom is -0.480 e. The summed E-state index contributed by atoms with van der Waals surface area (Å²) in [5.41, 5.74) is 1.36. The number of hydrogen-bond acceptors (Lipinski definition) is 6. The van der Waals surface area contributed by atoms with Crippen LogP contribution in [0.2, 0.25) is 0 Å². The fourth-order valence-electron chi connectivity index (χ4n) is 1.78. The highest BCUT2D eigenvalue weighted by Crippen LogP contribution is 2.28. The van der Waals surface area contributed by atoms with E-state index in [1.807, 2.05) is 0 Å². The number of benzene rings is 1. The molecule has 0 bridgehead atoms. The number of aromatic nitrogens is 1. The molecular formula is C13H15N3O4. The molecule has 1 aromatic heterocycles. The maximum absolute atomic E-state index is 11.1. The molecule has 0 aliphatic carbocycles. The van der Waals surface area contributed by atoms with E-state index in [1.54, 1.807) is 32.2 Å². The van der Waals surface area contributed by atoms with Gasteiger partial charge in [-0.05, 0) is 25.6 Å². The molecule has 1 aromatic carbocycles. The largest absolute Gasteiger partial charge is 0.480 e. The third-order valence-electron chi connectivity index (χ3n) is 2.65. The zero-order valence-corrected chi connectivity index (χ0v) is 11.3. The average Bonchev–Trinajstić information content (AvgIpc) is 2.83. The van der Waals surface area contributed by atoms with Gasteiger partial charge >= 0.3 is 5.69 Å². The second-order valence-electron chi connectivity index (χ2n) is 4.31. The zero-order valence-electron chi connectivity index (χ0n) is 11.3. The fraction of sp³-hybridized carbons (Fsp3) is 0.308. The molecule has 7 nitrogen and oxygen atoms in total. The van der Waals surface area contributed by atoms with Crippen LogP contribution in [0.5, 0.6) is 5.75 Å². The van der Waals surface area contributed by atoms with Crippen molar-refractivity contribution in [2.45, 2.75) is 20.1 Å². The summed E-state index contributed by atoms with van der Waals surface area (Å²) in [6, 6.07) is 6.60. The van der Waals surface area contributed by atoms with Gasteiger partial charge in [-0.2, -0.15) is 0 Å². The van der Waals surface area contributed by atoms with Gasteiger partial charge in [-0.1, -0.05) is 11.2 Å². The van der Waals surface area contributed by atoms with Gasteiger partial charge in [0.05, 0.1) is 4.92 Å². The fourth-order valence-corrected chi connectivity index (χ4v) is 1.78. The van der Waals surface area contributed by atoms with Crippen molar-refractivity contribution in [2.75, 3.05) is 7.05 Å². The molecule has 0 radical (unpaired) electrons. The van der Waals surface area contributed by atoms with E-state index in [4.69, 9.17) is 9.26 Å². The van der Waals surface area contributed by atoms with Crippen LogP contribution in [0.3, 0.4) is 0 Å². The molecule has 0 fully saturated rings. The minimum absolute atomic E-state index is 0.0574. The lowest BCUT2D eigenvalue weighted by molar-refractivity contribution is -0.386. The Morgan fingerprint density at radius 1 is 1.45 bits per heavy atom. The lowest BCUT2D eigenvalue weighted by Gasteiger charge is -2.06. The summed E-state index contributed by atoms with van der Waals surface area (Å²) in [7, 11) is 1.78. The van der Waals surface area contributed by atoms with Gasteiger partial charge in [0.25, 0.3) is 0 Å². The van der Waals surface area contributed by atoms with Gasteiger partial charge in [0.15, 0.2) is 5.75 Å². The first kappa shape index (κ1) is 14.0. The number of aryl methyl sites for hydroxylation is 1. The SMILES string of the molecule is CNCc1ccc(OCc2cc(C)on2)c([N+](=O)[O-])c1. The number of nitrogens with zero attached hydrogens (tertiary/aromatic N) is 2. The molecule has 1 heterocycles. The Morgan fingerprint density at radius 3 is 2.85 bits per heavy atom. The Balaban J connectivity index is 2.15. The summed E-state index contributed by atoms with van der Waals surface area (Å²) in [5, 5.41) is 17.8.